The van der Waals surface area contributed by atoms with E-state index in [1.165, 1.54) is 0 Å². The van der Waals surface area contributed by atoms with Gasteiger partial charge in [-0.05, 0) is 62.4 Å². The van der Waals surface area contributed by atoms with Crippen LogP contribution in [0.5, 0.6) is 0 Å². The van der Waals surface area contributed by atoms with Crippen LogP contribution >= 0.6 is 0 Å². The number of rotatable bonds is 8. The van der Waals surface area contributed by atoms with Gasteiger partial charge in [0.05, 0.1) is 9.79 Å². The summed E-state index contributed by atoms with van der Waals surface area (Å²) in [5.74, 6) is 0.675. The van der Waals surface area contributed by atoms with E-state index in [1.807, 2.05) is 62.4 Å². The molecule has 8 rings (SSSR count). The number of fused-ring (bicyclic) bond motifs is 2. The number of para-hydroxylation sites is 4. The third-order valence-electron chi connectivity index (χ3n) is 7.93. The van der Waals surface area contributed by atoms with Gasteiger partial charge >= 0.3 is 19.5 Å². The van der Waals surface area contributed by atoms with Crippen molar-refractivity contribution in [1.29, 1.82) is 0 Å². The minimum absolute atomic E-state index is 0. The maximum atomic E-state index is 12.7. The quantitative estimate of drug-likeness (QED) is 0.138. The fourth-order valence-electron chi connectivity index (χ4n) is 5.23. The number of hydrogen-bond acceptors (Lipinski definition) is 8. The zero-order chi connectivity index (χ0) is 36.3. The predicted molar refractivity (Wildman–Crippen MR) is 202 cm³/mol. The molecule has 0 atom stereocenters. The van der Waals surface area contributed by atoms with Gasteiger partial charge < -0.3 is 18.3 Å². The van der Waals surface area contributed by atoms with Gasteiger partial charge in [-0.1, -0.05) is 108 Å². The summed E-state index contributed by atoms with van der Waals surface area (Å²) in [5.41, 5.74) is 6.29. The molecule has 6 aromatic carbocycles. The van der Waals surface area contributed by atoms with Crippen molar-refractivity contribution in [3.05, 3.63) is 166 Å². The molecule has 0 radical (unpaired) electrons. The molecule has 0 aliphatic carbocycles. The SMILES string of the molecule is Cc1ccc(S(=O)(=O)[N-]c2ccccc2-c2nc3ccccc3o2)cc1.Cc1ccc(S(=O)(=O)[N-]c2ccccc2-c2nc3ccccc3o2)cc1.[Zn+2]. The van der Waals surface area contributed by atoms with Gasteiger partial charge in [-0.2, -0.15) is 0 Å². The summed E-state index contributed by atoms with van der Waals surface area (Å²) in [6.45, 7) is 3.80. The van der Waals surface area contributed by atoms with Crippen molar-refractivity contribution < 1.29 is 45.1 Å². The largest absolute Gasteiger partial charge is 2.00 e. The fraction of sp³-hybridized carbons (Fsp3) is 0.0500. The first-order valence-electron chi connectivity index (χ1n) is 16.1. The maximum Gasteiger partial charge on any atom is 2.00 e. The Hall–Kier alpha value is -5.62. The molecule has 0 unspecified atom stereocenters. The summed E-state index contributed by atoms with van der Waals surface area (Å²) in [5, 5.41) is 0. The Morgan fingerprint density at radius 3 is 1.17 bits per heavy atom. The van der Waals surface area contributed by atoms with Gasteiger partial charge in [0, 0.05) is 11.1 Å². The van der Waals surface area contributed by atoms with E-state index < -0.39 is 20.0 Å². The number of aromatic nitrogens is 2. The molecular weight excluding hydrogens is 762 g/mol. The molecule has 2 aromatic heterocycles. The van der Waals surface area contributed by atoms with Crippen LogP contribution in [0.3, 0.4) is 0 Å². The number of sulfonamides is 2. The van der Waals surface area contributed by atoms with Crippen LogP contribution in [-0.4, -0.2) is 26.8 Å². The number of nitrogens with zero attached hydrogens (tertiary/aromatic N) is 4. The van der Waals surface area contributed by atoms with Gasteiger partial charge in [0.2, 0.25) is 11.8 Å². The number of aryl methyl sites for hydroxylation is 2. The van der Waals surface area contributed by atoms with Crippen molar-refractivity contribution in [2.75, 3.05) is 0 Å². The van der Waals surface area contributed by atoms with Crippen LogP contribution < -0.4 is 0 Å². The van der Waals surface area contributed by atoms with E-state index in [1.54, 1.807) is 97.1 Å². The number of hydrogen-bond donors (Lipinski definition) is 0. The second-order valence-electron chi connectivity index (χ2n) is 11.8. The second-order valence-corrected chi connectivity index (χ2v) is 15.0. The molecule has 0 bridgehead atoms. The van der Waals surface area contributed by atoms with Crippen molar-refractivity contribution >= 4 is 53.6 Å². The average molecular weight is 792 g/mol. The van der Waals surface area contributed by atoms with Gasteiger partial charge in [0.1, 0.15) is 31.1 Å². The topological polar surface area (TPSA) is 149 Å². The van der Waals surface area contributed by atoms with Crippen LogP contribution in [0, 0.1) is 13.8 Å². The maximum absolute atomic E-state index is 12.7. The Labute approximate surface area is 319 Å². The van der Waals surface area contributed by atoms with Gasteiger partial charge in [-0.25, -0.2) is 26.8 Å². The molecule has 2 heterocycles. The van der Waals surface area contributed by atoms with Crippen LogP contribution in [0.25, 0.3) is 54.6 Å². The van der Waals surface area contributed by atoms with E-state index in [0.717, 1.165) is 11.1 Å². The van der Waals surface area contributed by atoms with Crippen LogP contribution in [0.2, 0.25) is 0 Å². The minimum Gasteiger partial charge on any atom is -0.572 e. The second kappa shape index (κ2) is 15.5. The molecule has 8 aromatic rings. The molecule has 53 heavy (non-hydrogen) atoms. The van der Waals surface area contributed by atoms with Gasteiger partial charge in [0.25, 0.3) is 0 Å². The van der Waals surface area contributed by atoms with Crippen LogP contribution in [0.15, 0.2) is 164 Å². The molecule has 260 valence electrons. The zero-order valence-corrected chi connectivity index (χ0v) is 33.2. The summed E-state index contributed by atoms with van der Waals surface area (Å²) in [7, 11) is -7.67. The summed E-state index contributed by atoms with van der Waals surface area (Å²) < 4.78 is 70.2. The van der Waals surface area contributed by atoms with Gasteiger partial charge in [-0.3, -0.25) is 0 Å². The van der Waals surface area contributed by atoms with E-state index in [4.69, 9.17) is 8.83 Å². The molecule has 0 aliphatic rings. The third-order valence-corrected chi connectivity index (χ3v) is 10.5. The van der Waals surface area contributed by atoms with Crippen molar-refractivity contribution in [2.24, 2.45) is 0 Å². The Morgan fingerprint density at radius 2 is 0.792 bits per heavy atom. The van der Waals surface area contributed by atoms with Gasteiger partial charge in [-0.15, -0.1) is 11.4 Å². The molecule has 0 amide bonds. The van der Waals surface area contributed by atoms with E-state index in [-0.39, 0.29) is 29.3 Å². The Morgan fingerprint density at radius 1 is 0.453 bits per heavy atom. The van der Waals surface area contributed by atoms with E-state index in [2.05, 4.69) is 19.4 Å². The molecule has 10 nitrogen and oxygen atoms in total. The Balaban J connectivity index is 0.000000178. The van der Waals surface area contributed by atoms with E-state index >= 15 is 0 Å². The molecule has 0 aliphatic heterocycles. The third kappa shape index (κ3) is 8.39. The number of oxazole rings is 2. The fourth-order valence-corrected chi connectivity index (χ4v) is 7.24. The van der Waals surface area contributed by atoms with E-state index in [0.29, 0.717) is 56.5 Å². The van der Waals surface area contributed by atoms with Crippen molar-refractivity contribution in [3.63, 3.8) is 0 Å². The van der Waals surface area contributed by atoms with E-state index in [9.17, 15) is 16.8 Å². The molecule has 0 N–H and O–H groups in total. The van der Waals surface area contributed by atoms with Crippen molar-refractivity contribution in [1.82, 2.24) is 9.97 Å². The average Bonchev–Trinajstić information content (AvgIpc) is 3.77. The first-order valence-corrected chi connectivity index (χ1v) is 18.9. The van der Waals surface area contributed by atoms with Gasteiger partial charge in [0.15, 0.2) is 11.2 Å². The predicted octanol–water partition coefficient (Wildman–Crippen LogP) is 10.4. The molecule has 0 saturated heterocycles. The molecular formula is C40H30N4O6S2Zn. The summed E-state index contributed by atoms with van der Waals surface area (Å²) in [6.07, 6.45) is 0. The molecule has 0 fully saturated rings. The number of benzene rings is 6. The summed E-state index contributed by atoms with van der Waals surface area (Å²) in [6, 6.07) is 41.8. The first-order chi connectivity index (χ1) is 25.1. The van der Waals surface area contributed by atoms with Crippen LogP contribution in [0.1, 0.15) is 11.1 Å². The van der Waals surface area contributed by atoms with Crippen LogP contribution in [-0.2, 0) is 39.5 Å². The van der Waals surface area contributed by atoms with Crippen molar-refractivity contribution in [3.8, 4) is 22.9 Å². The van der Waals surface area contributed by atoms with Crippen LogP contribution in [0.4, 0.5) is 11.4 Å². The standard InChI is InChI=1S/2C20H15N2O3S.Zn/c2*1-14-10-12-15(13-11-14)26(23,24)22-17-7-3-2-6-16(17)20-21-18-8-4-5-9-19(18)25-20;/h2*2-13H,1H3;/q2*-1;+2. The van der Waals surface area contributed by atoms with Crippen molar-refractivity contribution in [2.45, 2.75) is 23.6 Å². The summed E-state index contributed by atoms with van der Waals surface area (Å²) in [4.78, 5) is 9.17. The monoisotopic (exact) mass is 790 g/mol. The molecule has 0 spiro atoms. The Bertz CT molecular complexity index is 2490. The molecule has 13 heteroatoms. The zero-order valence-electron chi connectivity index (χ0n) is 28.6. The minimum atomic E-state index is -3.84. The normalized spacial score (nSPS) is 11.4. The Kier molecular flexibility index (Phi) is 10.9. The summed E-state index contributed by atoms with van der Waals surface area (Å²) >= 11 is 0. The smallest absolute Gasteiger partial charge is 0.572 e. The first kappa shape index (κ1) is 37.2. The molecule has 0 saturated carbocycles.